The standard InChI is InChI=1S/C17H10FIS/c18-10-5-6-11-14-7-8-20-17(14)13-4-2-1-3-12(13)16(19)15(11)9-10/h1-9,16H. The van der Waals surface area contributed by atoms with E-state index in [-0.39, 0.29) is 9.74 Å². The average molecular weight is 392 g/mol. The lowest BCUT2D eigenvalue weighted by molar-refractivity contribution is 0.626. The summed E-state index contributed by atoms with van der Waals surface area (Å²) in [5.74, 6) is -0.165. The van der Waals surface area contributed by atoms with Crippen molar-refractivity contribution in [2.45, 2.75) is 3.92 Å². The third kappa shape index (κ3) is 1.76. The minimum atomic E-state index is -0.165. The van der Waals surface area contributed by atoms with Crippen molar-refractivity contribution >= 4 is 33.9 Å². The van der Waals surface area contributed by atoms with E-state index in [2.05, 4.69) is 58.3 Å². The van der Waals surface area contributed by atoms with Crippen molar-refractivity contribution in [2.75, 3.05) is 0 Å². The van der Waals surface area contributed by atoms with Crippen LogP contribution in [0.25, 0.3) is 21.6 Å². The Morgan fingerprint density at radius 3 is 2.65 bits per heavy atom. The van der Waals surface area contributed by atoms with Crippen molar-refractivity contribution in [3.8, 4) is 21.6 Å². The number of hydrogen-bond donors (Lipinski definition) is 0. The van der Waals surface area contributed by atoms with Crippen molar-refractivity contribution < 1.29 is 4.39 Å². The molecule has 0 amide bonds. The minimum Gasteiger partial charge on any atom is -0.207 e. The van der Waals surface area contributed by atoms with Gasteiger partial charge in [-0.05, 0) is 45.8 Å². The van der Waals surface area contributed by atoms with Crippen LogP contribution >= 0.6 is 33.9 Å². The van der Waals surface area contributed by atoms with Crippen molar-refractivity contribution in [1.29, 1.82) is 0 Å². The Hall–Kier alpha value is -1.20. The van der Waals surface area contributed by atoms with E-state index in [0.717, 1.165) is 11.1 Å². The quantitative estimate of drug-likeness (QED) is 0.322. The maximum atomic E-state index is 13.7. The van der Waals surface area contributed by atoms with E-state index in [1.54, 1.807) is 23.5 Å². The maximum absolute atomic E-state index is 13.7. The fourth-order valence-corrected chi connectivity index (χ4v) is 4.83. The summed E-state index contributed by atoms with van der Waals surface area (Å²) in [5.41, 5.74) is 5.97. The van der Waals surface area contributed by atoms with Crippen LogP contribution < -0.4 is 0 Å². The Bertz CT molecular complexity index is 806. The van der Waals surface area contributed by atoms with E-state index in [4.69, 9.17) is 0 Å². The van der Waals surface area contributed by atoms with Gasteiger partial charge in [0.1, 0.15) is 5.82 Å². The normalized spacial score (nSPS) is 16.0. The van der Waals surface area contributed by atoms with Crippen LogP contribution in [-0.2, 0) is 0 Å². The molecule has 98 valence electrons. The molecule has 1 heterocycles. The molecule has 1 aliphatic carbocycles. The van der Waals surface area contributed by atoms with E-state index >= 15 is 0 Å². The summed E-state index contributed by atoms with van der Waals surface area (Å²) >= 11 is 4.17. The van der Waals surface area contributed by atoms with Crippen LogP contribution in [0.2, 0.25) is 0 Å². The molecule has 0 aliphatic heterocycles. The first-order valence-electron chi connectivity index (χ1n) is 6.36. The molecule has 1 unspecified atom stereocenters. The fraction of sp³-hybridized carbons (Fsp3) is 0.0588. The summed E-state index contributed by atoms with van der Waals surface area (Å²) in [6, 6.07) is 15.7. The average Bonchev–Trinajstić information content (AvgIpc) is 2.92. The van der Waals surface area contributed by atoms with Crippen LogP contribution in [0.3, 0.4) is 0 Å². The zero-order valence-corrected chi connectivity index (χ0v) is 13.4. The Kier molecular flexibility index (Phi) is 2.93. The van der Waals surface area contributed by atoms with Crippen molar-refractivity contribution in [2.24, 2.45) is 0 Å². The molecule has 0 saturated carbocycles. The van der Waals surface area contributed by atoms with Crippen LogP contribution in [-0.4, -0.2) is 0 Å². The van der Waals surface area contributed by atoms with Crippen LogP contribution in [0, 0.1) is 5.82 Å². The van der Waals surface area contributed by atoms with E-state index < -0.39 is 0 Å². The first-order valence-corrected chi connectivity index (χ1v) is 8.49. The van der Waals surface area contributed by atoms with E-state index in [9.17, 15) is 4.39 Å². The molecule has 3 heteroatoms. The van der Waals surface area contributed by atoms with Crippen LogP contribution in [0.5, 0.6) is 0 Å². The molecule has 4 rings (SSSR count). The number of hydrogen-bond acceptors (Lipinski definition) is 1. The molecule has 0 radical (unpaired) electrons. The molecule has 0 N–H and O–H groups in total. The number of halogens is 2. The zero-order valence-electron chi connectivity index (χ0n) is 10.4. The van der Waals surface area contributed by atoms with Crippen LogP contribution in [0.4, 0.5) is 4.39 Å². The number of alkyl halides is 1. The molecule has 20 heavy (non-hydrogen) atoms. The lowest BCUT2D eigenvalue weighted by Crippen LogP contribution is -1.95. The smallest absolute Gasteiger partial charge is 0.123 e. The van der Waals surface area contributed by atoms with Crippen LogP contribution in [0.1, 0.15) is 15.1 Å². The highest BCUT2D eigenvalue weighted by Gasteiger charge is 2.26. The van der Waals surface area contributed by atoms with Gasteiger partial charge in [-0.2, -0.15) is 0 Å². The molecular weight excluding hydrogens is 382 g/mol. The van der Waals surface area contributed by atoms with Crippen LogP contribution in [0.15, 0.2) is 53.9 Å². The van der Waals surface area contributed by atoms with Gasteiger partial charge in [-0.25, -0.2) is 4.39 Å². The molecule has 0 fully saturated rings. The van der Waals surface area contributed by atoms with E-state index in [1.807, 2.05) is 6.07 Å². The van der Waals surface area contributed by atoms with Gasteiger partial charge in [0.15, 0.2) is 0 Å². The Morgan fingerprint density at radius 2 is 1.75 bits per heavy atom. The zero-order chi connectivity index (χ0) is 13.7. The molecule has 1 atom stereocenters. The third-order valence-corrected chi connectivity index (χ3v) is 6.01. The monoisotopic (exact) mass is 392 g/mol. The second-order valence-electron chi connectivity index (χ2n) is 4.84. The second kappa shape index (κ2) is 4.67. The van der Waals surface area contributed by atoms with Gasteiger partial charge < -0.3 is 0 Å². The van der Waals surface area contributed by atoms with Gasteiger partial charge in [0.25, 0.3) is 0 Å². The summed E-state index contributed by atoms with van der Waals surface area (Å²) in [6.45, 7) is 0. The SMILES string of the molecule is Fc1ccc2c(c1)C(I)c1ccccc1-c1sccc1-2. The highest BCUT2D eigenvalue weighted by atomic mass is 127. The number of thiophene rings is 1. The van der Waals surface area contributed by atoms with Crippen molar-refractivity contribution in [3.05, 3.63) is 70.9 Å². The van der Waals surface area contributed by atoms with Crippen molar-refractivity contribution in [1.82, 2.24) is 0 Å². The molecule has 0 nitrogen and oxygen atoms in total. The van der Waals surface area contributed by atoms with E-state index in [1.165, 1.54) is 21.6 Å². The molecular formula is C17H10FIS. The third-order valence-electron chi connectivity index (χ3n) is 3.72. The predicted octanol–water partition coefficient (Wildman–Crippen LogP) is 6.06. The first kappa shape index (κ1) is 12.5. The van der Waals surface area contributed by atoms with Gasteiger partial charge in [0, 0.05) is 10.4 Å². The summed E-state index contributed by atoms with van der Waals surface area (Å²) in [5, 5.41) is 2.11. The highest BCUT2D eigenvalue weighted by molar-refractivity contribution is 14.1. The Balaban J connectivity index is 2.14. The Morgan fingerprint density at radius 1 is 0.900 bits per heavy atom. The van der Waals surface area contributed by atoms with Gasteiger partial charge in [-0.1, -0.05) is 52.9 Å². The number of fused-ring (bicyclic) bond motifs is 5. The number of benzene rings is 2. The molecule has 2 aromatic carbocycles. The van der Waals surface area contributed by atoms with Gasteiger partial charge in [0.05, 0.1) is 3.92 Å². The van der Waals surface area contributed by atoms with Gasteiger partial charge >= 0.3 is 0 Å². The second-order valence-corrected chi connectivity index (χ2v) is 7.01. The largest absolute Gasteiger partial charge is 0.207 e. The topological polar surface area (TPSA) is 0 Å². The lowest BCUT2D eigenvalue weighted by Gasteiger charge is -2.14. The lowest BCUT2D eigenvalue weighted by atomic mass is 9.99. The molecule has 0 spiro atoms. The van der Waals surface area contributed by atoms with Gasteiger partial charge in [-0.3, -0.25) is 0 Å². The maximum Gasteiger partial charge on any atom is 0.123 e. The molecule has 0 saturated heterocycles. The predicted molar refractivity (Wildman–Crippen MR) is 91.0 cm³/mol. The van der Waals surface area contributed by atoms with Crippen molar-refractivity contribution in [3.63, 3.8) is 0 Å². The fourth-order valence-electron chi connectivity index (χ4n) is 2.81. The molecule has 3 aromatic rings. The Labute approximate surface area is 134 Å². The van der Waals surface area contributed by atoms with E-state index in [0.29, 0.717) is 0 Å². The summed E-state index contributed by atoms with van der Waals surface area (Å²) in [7, 11) is 0. The van der Waals surface area contributed by atoms with Gasteiger partial charge in [0.2, 0.25) is 0 Å². The number of rotatable bonds is 0. The summed E-state index contributed by atoms with van der Waals surface area (Å²) < 4.78 is 13.9. The summed E-state index contributed by atoms with van der Waals surface area (Å²) in [4.78, 5) is 1.28. The molecule has 1 aromatic heterocycles. The molecule has 1 aliphatic rings. The highest BCUT2D eigenvalue weighted by Crippen LogP contribution is 2.50. The summed E-state index contributed by atoms with van der Waals surface area (Å²) in [6.07, 6.45) is 0. The molecule has 0 bridgehead atoms. The first-order chi connectivity index (χ1) is 9.75. The van der Waals surface area contributed by atoms with Gasteiger partial charge in [-0.15, -0.1) is 11.3 Å². The minimum absolute atomic E-state index is 0.165.